The maximum atomic E-state index is 12.6. The minimum absolute atomic E-state index is 0.131. The smallest absolute Gasteiger partial charge is 0.330 e. The molecule has 0 aliphatic heterocycles. The van der Waals surface area contributed by atoms with Gasteiger partial charge in [-0.3, -0.25) is 0 Å². The minimum Gasteiger partial charge on any atom is -0.384 e. The molecule has 19 heavy (non-hydrogen) atoms. The van der Waals surface area contributed by atoms with Gasteiger partial charge in [0.15, 0.2) is 5.82 Å². The average Bonchev–Trinajstić information content (AvgIpc) is 3.11. The summed E-state index contributed by atoms with van der Waals surface area (Å²) < 4.78 is 53.6. The summed E-state index contributed by atoms with van der Waals surface area (Å²) in [5.74, 6) is -3.49. The van der Waals surface area contributed by atoms with Gasteiger partial charge < -0.3 is 10.5 Å². The van der Waals surface area contributed by atoms with Crippen molar-refractivity contribution in [1.82, 2.24) is 9.97 Å². The van der Waals surface area contributed by atoms with E-state index in [1.165, 1.54) is 0 Å². The van der Waals surface area contributed by atoms with Crippen molar-refractivity contribution in [1.29, 1.82) is 0 Å². The van der Waals surface area contributed by atoms with E-state index in [0.29, 0.717) is 5.92 Å². The lowest BCUT2D eigenvalue weighted by molar-refractivity contribution is -0.168. The fraction of sp³-hybridized carbons (Fsp3) is 0.636. The van der Waals surface area contributed by atoms with Crippen LogP contribution in [0.25, 0.3) is 0 Å². The third-order valence-electron chi connectivity index (χ3n) is 2.65. The number of aromatic nitrogens is 2. The van der Waals surface area contributed by atoms with E-state index in [1.54, 1.807) is 6.07 Å². The molecule has 1 aromatic rings. The zero-order valence-corrected chi connectivity index (χ0v) is 9.95. The molecule has 1 aliphatic carbocycles. The molecular formula is C11H13F4N3O. The van der Waals surface area contributed by atoms with Gasteiger partial charge in [-0.2, -0.15) is 8.78 Å². The second-order valence-corrected chi connectivity index (χ2v) is 4.46. The van der Waals surface area contributed by atoms with E-state index in [-0.39, 0.29) is 18.2 Å². The van der Waals surface area contributed by atoms with E-state index in [9.17, 15) is 17.6 Å². The fourth-order valence-corrected chi connectivity index (χ4v) is 1.53. The summed E-state index contributed by atoms with van der Waals surface area (Å²) >= 11 is 0. The van der Waals surface area contributed by atoms with Crippen LogP contribution in [0.4, 0.5) is 23.4 Å². The number of nitrogen functional groups attached to an aromatic ring is 1. The topological polar surface area (TPSA) is 61.0 Å². The number of halogens is 4. The first-order chi connectivity index (χ1) is 8.88. The lowest BCUT2D eigenvalue weighted by atomic mass is 10.3. The number of nitrogens with zero attached hydrogens (tertiary/aromatic N) is 2. The van der Waals surface area contributed by atoms with Crippen LogP contribution >= 0.6 is 0 Å². The fourth-order valence-electron chi connectivity index (χ4n) is 1.53. The Morgan fingerprint density at radius 2 is 2.05 bits per heavy atom. The lowest BCUT2D eigenvalue weighted by Crippen LogP contribution is -2.32. The average molecular weight is 279 g/mol. The molecule has 1 aliphatic rings. The third-order valence-corrected chi connectivity index (χ3v) is 2.65. The maximum absolute atomic E-state index is 12.6. The van der Waals surface area contributed by atoms with Crippen molar-refractivity contribution in [2.24, 2.45) is 0 Å². The zero-order chi connectivity index (χ0) is 14.0. The Kier molecular flexibility index (Phi) is 3.88. The summed E-state index contributed by atoms with van der Waals surface area (Å²) in [5.41, 5.74) is 6.30. The van der Waals surface area contributed by atoms with Crippen LogP contribution in [-0.4, -0.2) is 28.9 Å². The number of rotatable bonds is 6. The largest absolute Gasteiger partial charge is 0.384 e. The van der Waals surface area contributed by atoms with E-state index in [0.717, 1.165) is 18.5 Å². The second kappa shape index (κ2) is 5.28. The van der Waals surface area contributed by atoms with Crippen molar-refractivity contribution in [3.8, 4) is 0 Å². The van der Waals surface area contributed by atoms with Crippen LogP contribution in [0.1, 0.15) is 30.3 Å². The van der Waals surface area contributed by atoms with Crippen LogP contribution in [-0.2, 0) is 11.3 Å². The zero-order valence-electron chi connectivity index (χ0n) is 9.95. The van der Waals surface area contributed by atoms with Gasteiger partial charge in [0.05, 0.1) is 0 Å². The van der Waals surface area contributed by atoms with E-state index >= 15 is 0 Å². The molecule has 0 unspecified atom stereocenters. The molecule has 0 aromatic carbocycles. The van der Waals surface area contributed by atoms with Gasteiger partial charge in [-0.05, 0) is 12.8 Å². The van der Waals surface area contributed by atoms with Gasteiger partial charge in [-0.1, -0.05) is 0 Å². The van der Waals surface area contributed by atoms with Crippen molar-refractivity contribution in [2.75, 3.05) is 12.3 Å². The number of hydrogen-bond donors (Lipinski definition) is 1. The number of anilines is 1. The van der Waals surface area contributed by atoms with Gasteiger partial charge in [0, 0.05) is 17.7 Å². The summed E-state index contributed by atoms with van der Waals surface area (Å²) in [6.07, 6.45) is -1.75. The van der Waals surface area contributed by atoms with Gasteiger partial charge >= 0.3 is 12.3 Å². The Labute approximate surface area is 107 Å². The molecule has 106 valence electrons. The number of alkyl halides is 4. The molecule has 1 aromatic heterocycles. The molecule has 0 atom stereocenters. The Morgan fingerprint density at radius 1 is 1.37 bits per heavy atom. The van der Waals surface area contributed by atoms with Gasteiger partial charge in [0.2, 0.25) is 0 Å². The van der Waals surface area contributed by atoms with Crippen LogP contribution in [0.3, 0.4) is 0 Å². The monoisotopic (exact) mass is 279 g/mol. The first-order valence-electron chi connectivity index (χ1n) is 5.75. The highest BCUT2D eigenvalue weighted by Crippen LogP contribution is 2.39. The predicted octanol–water partition coefficient (Wildman–Crippen LogP) is 2.35. The van der Waals surface area contributed by atoms with Crippen LogP contribution in [0.5, 0.6) is 0 Å². The molecule has 1 heterocycles. The minimum atomic E-state index is -4.17. The van der Waals surface area contributed by atoms with Gasteiger partial charge in [-0.15, -0.1) is 0 Å². The first kappa shape index (κ1) is 14.0. The van der Waals surface area contributed by atoms with Crippen molar-refractivity contribution >= 4 is 5.82 Å². The highest BCUT2D eigenvalue weighted by Gasteiger charge is 2.41. The standard InChI is InChI=1S/C11H13F4N3O/c12-10(13)11(14,15)5-19-4-9-17-7(6-1-2-6)3-8(16)18-9/h3,6,10H,1-2,4-5H2,(H2,16,17,18). The van der Waals surface area contributed by atoms with Crippen molar-refractivity contribution in [3.05, 3.63) is 17.6 Å². The summed E-state index contributed by atoms with van der Waals surface area (Å²) in [5, 5.41) is 0. The number of ether oxygens (including phenoxy) is 1. The van der Waals surface area contributed by atoms with E-state index < -0.39 is 19.0 Å². The van der Waals surface area contributed by atoms with Crippen LogP contribution in [0.2, 0.25) is 0 Å². The van der Waals surface area contributed by atoms with E-state index in [2.05, 4.69) is 14.7 Å². The second-order valence-electron chi connectivity index (χ2n) is 4.46. The molecule has 0 radical (unpaired) electrons. The normalized spacial score (nSPS) is 16.1. The molecule has 1 fully saturated rings. The summed E-state index contributed by atoms with van der Waals surface area (Å²) in [6.45, 7) is -1.74. The molecule has 2 N–H and O–H groups in total. The Balaban J connectivity index is 1.92. The first-order valence-corrected chi connectivity index (χ1v) is 5.75. The van der Waals surface area contributed by atoms with Crippen molar-refractivity contribution in [2.45, 2.75) is 37.7 Å². The third kappa shape index (κ3) is 3.76. The van der Waals surface area contributed by atoms with Crippen molar-refractivity contribution in [3.63, 3.8) is 0 Å². The van der Waals surface area contributed by atoms with E-state index in [1.807, 2.05) is 0 Å². The molecule has 0 bridgehead atoms. The summed E-state index contributed by atoms with van der Waals surface area (Å²) in [6, 6.07) is 1.62. The summed E-state index contributed by atoms with van der Waals surface area (Å²) in [7, 11) is 0. The molecular weight excluding hydrogens is 266 g/mol. The Bertz CT molecular complexity index is 452. The van der Waals surface area contributed by atoms with Crippen LogP contribution < -0.4 is 5.73 Å². The molecule has 0 spiro atoms. The molecule has 2 rings (SSSR count). The SMILES string of the molecule is Nc1cc(C2CC2)nc(COCC(F)(F)C(F)F)n1. The molecule has 0 saturated heterocycles. The molecule has 1 saturated carbocycles. The summed E-state index contributed by atoms with van der Waals surface area (Å²) in [4.78, 5) is 7.93. The highest BCUT2D eigenvalue weighted by molar-refractivity contribution is 5.32. The predicted molar refractivity (Wildman–Crippen MR) is 59.0 cm³/mol. The van der Waals surface area contributed by atoms with Crippen LogP contribution in [0.15, 0.2) is 6.07 Å². The van der Waals surface area contributed by atoms with Gasteiger partial charge in [-0.25, -0.2) is 18.7 Å². The van der Waals surface area contributed by atoms with Crippen molar-refractivity contribution < 1.29 is 22.3 Å². The maximum Gasteiger partial charge on any atom is 0.330 e. The molecule has 8 heteroatoms. The van der Waals surface area contributed by atoms with Crippen LogP contribution in [0, 0.1) is 0 Å². The van der Waals surface area contributed by atoms with Gasteiger partial charge in [0.1, 0.15) is 19.0 Å². The quantitative estimate of drug-likeness (QED) is 0.812. The lowest BCUT2D eigenvalue weighted by Gasteiger charge is -2.14. The molecule has 0 amide bonds. The molecule has 4 nitrogen and oxygen atoms in total. The Hall–Kier alpha value is -1.44. The Morgan fingerprint density at radius 3 is 2.63 bits per heavy atom. The van der Waals surface area contributed by atoms with E-state index in [4.69, 9.17) is 5.73 Å². The van der Waals surface area contributed by atoms with Gasteiger partial charge in [0.25, 0.3) is 0 Å². The number of hydrogen-bond acceptors (Lipinski definition) is 4. The highest BCUT2D eigenvalue weighted by atomic mass is 19.3. The number of nitrogens with two attached hydrogens (primary N) is 1.